The van der Waals surface area contributed by atoms with Crippen LogP contribution in [0.4, 0.5) is 0 Å². The van der Waals surface area contributed by atoms with Gasteiger partial charge < -0.3 is 58.9 Å². The first-order valence-corrected chi connectivity index (χ1v) is 19.0. The smallest absolute Gasteiger partial charge is 0.669 e. The van der Waals surface area contributed by atoms with Gasteiger partial charge in [-0.15, -0.1) is 0 Å². The molecule has 0 atom stereocenters. The van der Waals surface area contributed by atoms with Gasteiger partial charge in [-0.3, -0.25) is 9.59 Å². The Morgan fingerprint density at radius 1 is 0.567 bits per heavy atom. The third-order valence-corrected chi connectivity index (χ3v) is 10.4. The summed E-state index contributed by atoms with van der Waals surface area (Å²) in [6, 6.07) is 25.3. The molecule has 0 aromatic heterocycles. The number of hydrogen-bond donors (Lipinski definition) is 6. The van der Waals surface area contributed by atoms with Crippen molar-refractivity contribution in [3.05, 3.63) is 118 Å². The number of likely N-dealkylation sites (tertiary alicyclic amines) is 2. The third kappa shape index (κ3) is 11.2. The number of ether oxygens (including phenoxy) is 2. The molecule has 60 heavy (non-hydrogen) atoms. The summed E-state index contributed by atoms with van der Waals surface area (Å²) in [4.78, 5) is 51.6. The topological polar surface area (TPSA) is 233 Å². The largest absolute Gasteiger partial charge is 1.00 e. The van der Waals surface area contributed by atoms with Gasteiger partial charge in [-0.1, -0.05) is 85.4 Å². The van der Waals surface area contributed by atoms with E-state index < -0.39 is 25.4 Å². The summed E-state index contributed by atoms with van der Waals surface area (Å²) in [5.74, 6) is -2.55. The van der Waals surface area contributed by atoms with Gasteiger partial charge in [0.1, 0.15) is 34.8 Å². The number of nitrogens with zero attached hydrogens (tertiary/aromatic N) is 2. The molecule has 16 nitrogen and oxygen atoms in total. The second-order valence-corrected chi connectivity index (χ2v) is 14.9. The summed E-state index contributed by atoms with van der Waals surface area (Å²) >= 11 is 0. The Morgan fingerprint density at radius 3 is 1.25 bits per heavy atom. The van der Waals surface area contributed by atoms with Crippen LogP contribution in [-0.2, 0) is 35.3 Å². The van der Waals surface area contributed by atoms with Gasteiger partial charge in [0.15, 0.2) is 0 Å². The van der Waals surface area contributed by atoms with Crippen molar-refractivity contribution >= 4 is 37.3 Å². The van der Waals surface area contributed by atoms with Crippen molar-refractivity contribution in [2.75, 3.05) is 26.2 Å². The van der Waals surface area contributed by atoms with E-state index in [4.69, 9.17) is 18.8 Å². The van der Waals surface area contributed by atoms with Crippen LogP contribution >= 0.6 is 0 Å². The summed E-state index contributed by atoms with van der Waals surface area (Å²) in [6.45, 7) is -4.74. The minimum atomic E-state index is -3.09. The molecule has 8 rings (SSSR count). The Morgan fingerprint density at radius 2 is 0.917 bits per heavy atom. The molecular weight excluding hydrogens is 800 g/mol. The maximum Gasteiger partial charge on any atom is 1.00 e. The van der Waals surface area contributed by atoms with Crippen molar-refractivity contribution in [3.63, 3.8) is 0 Å². The molecule has 2 saturated heterocycles. The first-order valence-electron chi connectivity index (χ1n) is 19.0. The first kappa shape index (κ1) is 47.0. The first-order chi connectivity index (χ1) is 27.6. The second-order valence-electron chi connectivity index (χ2n) is 14.9. The maximum atomic E-state index is 12.3. The molecule has 4 aliphatic heterocycles. The molecule has 6 N–H and O–H groups in total. The zero-order valence-corrected chi connectivity index (χ0v) is 37.3. The molecule has 0 aliphatic carbocycles. The standard InChI is InChI=1S/2C20H21BNO7.2Na/c2*23-17(10-13-4-2-1-3-5-13)22-11-15(12-22)28-16-7-6-14-8-9-21(26,27)29-19(14)18(16)20(24)25;;/h2*1-7,15,26-27H,8-12H2,(H,24,25);;/q2*-1;2*+1. The van der Waals surface area contributed by atoms with Gasteiger partial charge in [0.2, 0.25) is 11.8 Å². The van der Waals surface area contributed by atoms with Crippen molar-refractivity contribution in [2.24, 2.45) is 0 Å². The minimum absolute atomic E-state index is 0. The van der Waals surface area contributed by atoms with E-state index in [1.54, 1.807) is 34.1 Å². The molecule has 0 spiro atoms. The van der Waals surface area contributed by atoms with Gasteiger partial charge in [-0.25, -0.2) is 9.59 Å². The number of carbonyl (C=O) groups excluding carboxylic acids is 2. The fraction of sp³-hybridized carbons (Fsp3) is 0.300. The van der Waals surface area contributed by atoms with Gasteiger partial charge >= 0.3 is 84.6 Å². The van der Waals surface area contributed by atoms with Crippen molar-refractivity contribution in [3.8, 4) is 23.0 Å². The second kappa shape index (κ2) is 19.8. The number of aryl methyl sites for hydroxylation is 2. The van der Waals surface area contributed by atoms with E-state index in [-0.39, 0.29) is 130 Å². The SMILES string of the molecule is O=C(O)c1c(OC2CN(C(=O)Cc3ccccc3)C2)ccc2c1O[B-](O)(O)CC2.O=C(O)c1c(OC2CN(C(=O)Cc3ccccc3)C2)ccc2c1O[B-](O)(O)CC2.[Na+].[Na+]. The monoisotopic (exact) mass is 842 g/mol. The number of carboxylic acids is 2. The molecular formula is C40H42B2N2Na2O14. The van der Waals surface area contributed by atoms with E-state index in [9.17, 15) is 49.5 Å². The van der Waals surface area contributed by atoms with Crippen LogP contribution < -0.4 is 77.9 Å². The molecule has 4 aliphatic rings. The van der Waals surface area contributed by atoms with Gasteiger partial charge in [-0.2, -0.15) is 0 Å². The summed E-state index contributed by atoms with van der Waals surface area (Å²) in [6.07, 6.45) is 0.541. The summed E-state index contributed by atoms with van der Waals surface area (Å²) in [5, 5.41) is 58.4. The molecule has 0 saturated carbocycles. The van der Waals surface area contributed by atoms with E-state index in [2.05, 4.69) is 0 Å². The number of amides is 2. The van der Waals surface area contributed by atoms with E-state index >= 15 is 0 Å². The summed E-state index contributed by atoms with van der Waals surface area (Å²) in [5.41, 5.74) is 2.57. The molecule has 4 aromatic rings. The fourth-order valence-corrected chi connectivity index (χ4v) is 7.22. The van der Waals surface area contributed by atoms with Crippen molar-refractivity contribution in [1.29, 1.82) is 0 Å². The number of aromatic carboxylic acids is 2. The van der Waals surface area contributed by atoms with Crippen LogP contribution in [0.25, 0.3) is 0 Å². The van der Waals surface area contributed by atoms with Crippen LogP contribution in [-0.4, -0.2) is 116 Å². The Labute approximate surface area is 389 Å². The van der Waals surface area contributed by atoms with Crippen LogP contribution in [0.15, 0.2) is 84.9 Å². The zero-order chi connectivity index (χ0) is 41.2. The Hall–Kier alpha value is -4.07. The van der Waals surface area contributed by atoms with Crippen LogP contribution in [0.2, 0.25) is 12.6 Å². The van der Waals surface area contributed by atoms with Crippen LogP contribution in [0, 0.1) is 0 Å². The van der Waals surface area contributed by atoms with E-state index in [0.717, 1.165) is 11.1 Å². The molecule has 20 heteroatoms. The average molecular weight is 842 g/mol. The van der Waals surface area contributed by atoms with Crippen molar-refractivity contribution < 1.29 is 127 Å². The normalized spacial score (nSPS) is 17.1. The average Bonchev–Trinajstić information content (AvgIpc) is 3.13. The molecule has 0 radical (unpaired) electrons. The number of rotatable bonds is 10. The maximum absolute atomic E-state index is 12.3. The number of hydrogen-bond acceptors (Lipinski definition) is 12. The number of carboxylic acid groups (broad SMARTS) is 2. The van der Waals surface area contributed by atoms with E-state index in [0.29, 0.717) is 63.0 Å². The third-order valence-electron chi connectivity index (χ3n) is 10.4. The Bertz CT molecular complexity index is 2050. The Kier molecular flexibility index (Phi) is 15.5. The molecule has 2 amide bonds. The Balaban J connectivity index is 0.000000220. The molecule has 0 unspecified atom stereocenters. The minimum Gasteiger partial charge on any atom is -0.669 e. The number of fused-ring (bicyclic) bond motifs is 2. The van der Waals surface area contributed by atoms with Gasteiger partial charge in [0.25, 0.3) is 0 Å². The molecule has 304 valence electrons. The quantitative estimate of drug-likeness (QED) is 0.0841. The predicted molar refractivity (Wildman–Crippen MR) is 208 cm³/mol. The zero-order valence-electron chi connectivity index (χ0n) is 33.3. The van der Waals surface area contributed by atoms with Crippen molar-refractivity contribution in [2.45, 2.75) is 50.5 Å². The van der Waals surface area contributed by atoms with Crippen LogP contribution in [0.5, 0.6) is 23.0 Å². The number of benzene rings is 4. The predicted octanol–water partition coefficient (Wildman–Crippen LogP) is -3.84. The number of carbonyl (C=O) groups is 4. The summed E-state index contributed by atoms with van der Waals surface area (Å²) in [7, 11) is 0. The van der Waals surface area contributed by atoms with Gasteiger partial charge in [0.05, 0.1) is 50.5 Å². The van der Waals surface area contributed by atoms with Gasteiger partial charge in [-0.05, 0) is 47.2 Å². The molecule has 2 fully saturated rings. The van der Waals surface area contributed by atoms with E-state index in [1.807, 2.05) is 60.7 Å². The molecule has 4 aromatic carbocycles. The van der Waals surface area contributed by atoms with Crippen molar-refractivity contribution in [1.82, 2.24) is 9.80 Å². The molecule has 4 heterocycles. The molecule has 0 bridgehead atoms. The van der Waals surface area contributed by atoms with E-state index in [1.165, 1.54) is 0 Å². The van der Waals surface area contributed by atoms with Crippen LogP contribution in [0.1, 0.15) is 43.0 Å². The van der Waals surface area contributed by atoms with Gasteiger partial charge in [0, 0.05) is 0 Å². The fourth-order valence-electron chi connectivity index (χ4n) is 7.22. The van der Waals surface area contributed by atoms with Crippen LogP contribution in [0.3, 0.4) is 0 Å². The summed E-state index contributed by atoms with van der Waals surface area (Å²) < 4.78 is 21.9.